The molecule has 1 aromatic carbocycles. The smallest absolute Gasteiger partial charge is 0.338 e. The quantitative estimate of drug-likeness (QED) is 0.0641. The number of anilines is 1. The summed E-state index contributed by atoms with van der Waals surface area (Å²) >= 11 is 0. The molecule has 0 heterocycles. The molecule has 0 amide bonds. The summed E-state index contributed by atoms with van der Waals surface area (Å²) in [6, 6.07) is 7.28. The average Bonchev–Trinajstić information content (AvgIpc) is 3.26. The number of nitrogens with one attached hydrogen (secondary N) is 1. The Morgan fingerprint density at radius 1 is 0.383 bits per heavy atom. The Morgan fingerprint density at radius 2 is 0.700 bits per heavy atom. The summed E-state index contributed by atoms with van der Waals surface area (Å²) in [5.41, 5.74) is 1.51. The van der Waals surface area contributed by atoms with Gasteiger partial charge in [0.25, 0.3) is 0 Å². The van der Waals surface area contributed by atoms with E-state index >= 15 is 0 Å². The molecule has 0 aromatic heterocycles. The maximum atomic E-state index is 12.2. The average molecular weight is 862 g/mol. The SMILES string of the molecule is CCCCCCCCC(=O)OCCOCCOCCOCCOCCOCCOCCOCCOCCOCCOCCOCCOC(=O)c1ccc(NCCCC)cc1. The van der Waals surface area contributed by atoms with E-state index in [0.29, 0.717) is 157 Å². The molecule has 0 saturated heterocycles. The first-order valence-electron chi connectivity index (χ1n) is 22.2. The third-order valence-electron chi connectivity index (χ3n) is 8.39. The molecule has 0 fully saturated rings. The van der Waals surface area contributed by atoms with E-state index in [-0.39, 0.29) is 25.2 Å². The van der Waals surface area contributed by atoms with Gasteiger partial charge in [-0.2, -0.15) is 0 Å². The van der Waals surface area contributed by atoms with Gasteiger partial charge in [0, 0.05) is 18.7 Å². The summed E-state index contributed by atoms with van der Waals surface area (Å²) in [6.45, 7) is 15.8. The molecule has 16 nitrogen and oxygen atoms in total. The largest absolute Gasteiger partial charge is 0.463 e. The summed E-state index contributed by atoms with van der Waals surface area (Å²) in [5, 5.41) is 3.32. The molecule has 16 heteroatoms. The fourth-order valence-corrected chi connectivity index (χ4v) is 5.05. The van der Waals surface area contributed by atoms with E-state index < -0.39 is 0 Å². The Bertz CT molecular complexity index is 1050. The molecule has 350 valence electrons. The van der Waals surface area contributed by atoms with E-state index in [0.717, 1.165) is 37.9 Å². The van der Waals surface area contributed by atoms with Gasteiger partial charge in [-0.15, -0.1) is 0 Å². The summed E-state index contributed by atoms with van der Waals surface area (Å²) in [5.74, 6) is -0.513. The molecule has 1 rings (SSSR count). The number of hydrogen-bond acceptors (Lipinski definition) is 16. The number of rotatable bonds is 48. The number of ether oxygens (including phenoxy) is 13. The van der Waals surface area contributed by atoms with E-state index in [2.05, 4.69) is 19.2 Å². The molecule has 1 N–H and O–H groups in total. The van der Waals surface area contributed by atoms with Gasteiger partial charge < -0.3 is 66.9 Å². The lowest BCUT2D eigenvalue weighted by Gasteiger charge is -2.09. The lowest BCUT2D eigenvalue weighted by molar-refractivity contribution is -0.145. The van der Waals surface area contributed by atoms with Crippen LogP contribution in [0.25, 0.3) is 0 Å². The summed E-state index contributed by atoms with van der Waals surface area (Å²) < 4.78 is 70.8. The molecule has 0 bridgehead atoms. The van der Waals surface area contributed by atoms with Gasteiger partial charge in [0.05, 0.1) is 151 Å². The number of esters is 2. The van der Waals surface area contributed by atoms with Crippen molar-refractivity contribution in [2.45, 2.75) is 71.6 Å². The van der Waals surface area contributed by atoms with E-state index in [1.54, 1.807) is 12.1 Å². The molecule has 0 atom stereocenters. The number of hydrogen-bond donors (Lipinski definition) is 1. The van der Waals surface area contributed by atoms with Crippen LogP contribution in [0.15, 0.2) is 24.3 Å². The number of unbranched alkanes of at least 4 members (excludes halogenated alkanes) is 6. The molecule has 60 heavy (non-hydrogen) atoms. The van der Waals surface area contributed by atoms with E-state index in [4.69, 9.17) is 61.6 Å². The van der Waals surface area contributed by atoms with Crippen molar-refractivity contribution in [3.8, 4) is 0 Å². The fraction of sp³-hybridized carbons (Fsp3) is 0.818. The first kappa shape index (κ1) is 55.5. The second kappa shape index (κ2) is 46.0. The van der Waals surface area contributed by atoms with Gasteiger partial charge in [0.1, 0.15) is 13.2 Å². The topological polar surface area (TPSA) is 166 Å². The van der Waals surface area contributed by atoms with Gasteiger partial charge in [0.2, 0.25) is 0 Å². The van der Waals surface area contributed by atoms with Crippen LogP contribution in [0.1, 0.15) is 82.0 Å². The minimum absolute atomic E-state index is 0.148. The van der Waals surface area contributed by atoms with Gasteiger partial charge in [-0.25, -0.2) is 4.79 Å². The van der Waals surface area contributed by atoms with Crippen LogP contribution < -0.4 is 5.32 Å². The predicted octanol–water partition coefficient (Wildman–Crippen LogP) is 5.53. The van der Waals surface area contributed by atoms with Gasteiger partial charge in [-0.1, -0.05) is 52.4 Å². The minimum atomic E-state index is -0.365. The molecule has 0 spiro atoms. The lowest BCUT2D eigenvalue weighted by atomic mass is 10.1. The number of benzene rings is 1. The molecule has 0 unspecified atom stereocenters. The normalized spacial score (nSPS) is 11.3. The van der Waals surface area contributed by atoms with Crippen molar-refractivity contribution >= 4 is 17.6 Å². The van der Waals surface area contributed by atoms with E-state index in [9.17, 15) is 9.59 Å². The van der Waals surface area contributed by atoms with Crippen molar-refractivity contribution < 1.29 is 71.2 Å². The van der Waals surface area contributed by atoms with Gasteiger partial charge in [-0.05, 0) is 37.1 Å². The molecular formula is C44H79NO15. The standard InChI is InChI=1S/C44H79NO15/c1-3-5-7-8-9-10-11-43(46)59-39-37-57-35-33-55-31-29-53-27-25-51-23-21-49-19-17-48-18-20-50-22-24-52-26-28-54-30-32-56-34-36-58-38-40-60-44(47)41-12-14-42(15-13-41)45-16-6-4-2/h12-15,45H,3-11,16-40H2,1-2H3. The molecule has 0 aliphatic rings. The first-order valence-corrected chi connectivity index (χ1v) is 22.2. The molecule has 1 aromatic rings. The minimum Gasteiger partial charge on any atom is -0.463 e. The highest BCUT2D eigenvalue weighted by Crippen LogP contribution is 2.11. The third-order valence-corrected chi connectivity index (χ3v) is 8.39. The second-order valence-corrected chi connectivity index (χ2v) is 13.5. The monoisotopic (exact) mass is 862 g/mol. The van der Waals surface area contributed by atoms with Crippen molar-refractivity contribution in [1.82, 2.24) is 0 Å². The van der Waals surface area contributed by atoms with Gasteiger partial charge in [-0.3, -0.25) is 4.79 Å². The van der Waals surface area contributed by atoms with Gasteiger partial charge >= 0.3 is 11.9 Å². The van der Waals surface area contributed by atoms with Crippen LogP contribution in [-0.2, 0) is 66.4 Å². The first-order chi connectivity index (χ1) is 29.7. The Hall–Kier alpha value is -2.48. The van der Waals surface area contributed by atoms with Crippen LogP contribution in [-0.4, -0.2) is 177 Å². The van der Waals surface area contributed by atoms with Crippen LogP contribution in [0.5, 0.6) is 0 Å². The lowest BCUT2D eigenvalue weighted by Crippen LogP contribution is -2.16. The molecule has 0 aliphatic heterocycles. The number of carbonyl (C=O) groups is 2. The maximum absolute atomic E-state index is 12.2. The Labute approximate surface area is 360 Å². The van der Waals surface area contributed by atoms with E-state index in [1.807, 2.05) is 12.1 Å². The highest BCUT2D eigenvalue weighted by Gasteiger charge is 2.07. The van der Waals surface area contributed by atoms with Crippen molar-refractivity contribution in [2.75, 3.05) is 170 Å². The number of carbonyl (C=O) groups excluding carboxylic acids is 2. The highest BCUT2D eigenvalue weighted by molar-refractivity contribution is 5.89. The summed E-state index contributed by atoms with van der Waals surface area (Å²) in [7, 11) is 0. The van der Waals surface area contributed by atoms with Gasteiger partial charge in [0.15, 0.2) is 0 Å². The van der Waals surface area contributed by atoms with Crippen LogP contribution in [0.2, 0.25) is 0 Å². The van der Waals surface area contributed by atoms with Crippen molar-refractivity contribution in [1.29, 1.82) is 0 Å². The zero-order valence-electron chi connectivity index (χ0n) is 37.0. The van der Waals surface area contributed by atoms with Crippen molar-refractivity contribution in [3.05, 3.63) is 29.8 Å². The summed E-state index contributed by atoms with van der Waals surface area (Å²) in [4.78, 5) is 23.8. The van der Waals surface area contributed by atoms with E-state index in [1.165, 1.54) is 25.7 Å². The molecule has 0 saturated carbocycles. The zero-order valence-corrected chi connectivity index (χ0v) is 37.0. The summed E-state index contributed by atoms with van der Waals surface area (Å²) in [6.07, 6.45) is 9.63. The Balaban J connectivity index is 1.67. The van der Waals surface area contributed by atoms with Crippen molar-refractivity contribution in [2.24, 2.45) is 0 Å². The van der Waals surface area contributed by atoms with Crippen LogP contribution in [0.4, 0.5) is 5.69 Å². The molecule has 0 radical (unpaired) electrons. The van der Waals surface area contributed by atoms with Crippen LogP contribution in [0.3, 0.4) is 0 Å². The highest BCUT2D eigenvalue weighted by atomic mass is 16.6. The molecular weight excluding hydrogens is 782 g/mol. The van der Waals surface area contributed by atoms with Crippen LogP contribution in [0, 0.1) is 0 Å². The maximum Gasteiger partial charge on any atom is 0.338 e. The fourth-order valence-electron chi connectivity index (χ4n) is 5.05. The van der Waals surface area contributed by atoms with Crippen molar-refractivity contribution in [3.63, 3.8) is 0 Å². The Kier molecular flexibility index (Phi) is 42.6. The van der Waals surface area contributed by atoms with Crippen LogP contribution >= 0.6 is 0 Å². The molecule has 0 aliphatic carbocycles. The zero-order chi connectivity index (χ0) is 43.1. The second-order valence-electron chi connectivity index (χ2n) is 13.5. The Morgan fingerprint density at radius 3 is 1.07 bits per heavy atom. The predicted molar refractivity (Wildman–Crippen MR) is 228 cm³/mol. The third kappa shape index (κ3) is 39.6.